The Hall–Kier alpha value is -0.900. The molecule has 0 saturated carbocycles. The largest absolute Gasteiger partial charge is 0.441 e. The predicted molar refractivity (Wildman–Crippen MR) is 65.6 cm³/mol. The molecule has 0 amide bonds. The molecule has 0 spiro atoms. The molecule has 1 atom stereocenters. The number of nitrogen functional groups attached to an aromatic ring is 1. The molecule has 0 heterocycles. The molecule has 0 fully saturated rings. The van der Waals surface area contributed by atoms with Gasteiger partial charge in [0.25, 0.3) is 0 Å². The highest BCUT2D eigenvalue weighted by Gasteiger charge is 2.31. The van der Waals surface area contributed by atoms with Gasteiger partial charge in [-0.3, -0.25) is 4.21 Å². The highest BCUT2D eigenvalue weighted by atomic mass is 32.2. The van der Waals surface area contributed by atoms with Crippen molar-refractivity contribution in [3.8, 4) is 0 Å². The van der Waals surface area contributed by atoms with Crippen molar-refractivity contribution in [1.29, 1.82) is 0 Å². The predicted octanol–water partition coefficient (Wildman–Crippen LogP) is 3.65. The molecule has 0 aromatic heterocycles. The van der Waals surface area contributed by atoms with E-state index in [9.17, 15) is 30.6 Å². The van der Waals surface area contributed by atoms with Crippen LogP contribution in [0.25, 0.3) is 0 Å². The summed E-state index contributed by atoms with van der Waals surface area (Å²) in [5, 5.41) is 0. The van der Waals surface area contributed by atoms with Crippen LogP contribution in [-0.2, 0) is 17.0 Å². The highest BCUT2D eigenvalue weighted by molar-refractivity contribution is 8.00. The summed E-state index contributed by atoms with van der Waals surface area (Å²) in [5.74, 6) is -0.809. The van der Waals surface area contributed by atoms with Crippen LogP contribution in [0.2, 0.25) is 0 Å². The Kier molecular flexibility index (Phi) is 5.36. The molecule has 114 valence electrons. The molecule has 0 saturated heterocycles. The number of benzene rings is 1. The Balaban J connectivity index is 2.75. The molecule has 0 radical (unpaired) electrons. The summed E-state index contributed by atoms with van der Waals surface area (Å²) in [6.07, 6.45) is -4.58. The zero-order valence-electron chi connectivity index (χ0n) is 9.72. The van der Waals surface area contributed by atoms with Crippen LogP contribution in [0.4, 0.5) is 32.0 Å². The van der Waals surface area contributed by atoms with Crippen LogP contribution < -0.4 is 5.73 Å². The summed E-state index contributed by atoms with van der Waals surface area (Å²) in [7, 11) is -1.88. The van der Waals surface area contributed by atoms with Crippen molar-refractivity contribution < 1.29 is 30.6 Å². The van der Waals surface area contributed by atoms with Gasteiger partial charge in [-0.1, -0.05) is 11.8 Å². The second-order valence-electron chi connectivity index (χ2n) is 3.59. The van der Waals surface area contributed by atoms with Crippen molar-refractivity contribution in [2.75, 3.05) is 17.2 Å². The number of anilines is 1. The molecule has 1 aromatic rings. The Bertz CT molecular complexity index is 500. The van der Waals surface area contributed by atoms with E-state index in [1.165, 1.54) is 0 Å². The van der Waals surface area contributed by atoms with E-state index < -0.39 is 33.8 Å². The summed E-state index contributed by atoms with van der Waals surface area (Å²) in [4.78, 5) is -0.0965. The van der Waals surface area contributed by atoms with E-state index in [1.54, 1.807) is 0 Å². The van der Waals surface area contributed by atoms with E-state index in [2.05, 4.69) is 0 Å². The molecule has 1 rings (SSSR count). The molecule has 10 heteroatoms. The van der Waals surface area contributed by atoms with Gasteiger partial charge in [0.1, 0.15) is 0 Å². The topological polar surface area (TPSA) is 43.1 Å². The molecular formula is C10H9F6NOS2. The summed E-state index contributed by atoms with van der Waals surface area (Å²) in [6, 6.07) is 2.23. The molecule has 0 aliphatic rings. The monoisotopic (exact) mass is 337 g/mol. The molecule has 2 nitrogen and oxygen atoms in total. The second kappa shape index (κ2) is 6.25. The summed E-state index contributed by atoms with van der Waals surface area (Å²) in [6.45, 7) is 0. The molecular weight excluding hydrogens is 328 g/mol. The summed E-state index contributed by atoms with van der Waals surface area (Å²) >= 11 is -0.344. The average molecular weight is 337 g/mol. The fourth-order valence-corrected chi connectivity index (χ4v) is 3.21. The van der Waals surface area contributed by atoms with Gasteiger partial charge in [0, 0.05) is 17.2 Å². The van der Waals surface area contributed by atoms with Crippen molar-refractivity contribution >= 4 is 28.2 Å². The van der Waals surface area contributed by atoms with E-state index in [0.29, 0.717) is 12.1 Å². The molecule has 0 bridgehead atoms. The minimum absolute atomic E-state index is 0.0965. The van der Waals surface area contributed by atoms with Gasteiger partial charge >= 0.3 is 11.7 Å². The maximum Gasteiger partial charge on any atom is 0.441 e. The molecule has 1 unspecified atom stereocenters. The van der Waals surface area contributed by atoms with Crippen LogP contribution in [0.3, 0.4) is 0 Å². The number of nitrogens with two attached hydrogens (primary N) is 1. The van der Waals surface area contributed by atoms with Crippen molar-refractivity contribution in [2.24, 2.45) is 0 Å². The fraction of sp³-hybridized carbons (Fsp3) is 0.400. The first-order chi connectivity index (χ1) is 9.00. The van der Waals surface area contributed by atoms with Crippen LogP contribution in [0.15, 0.2) is 23.1 Å². The van der Waals surface area contributed by atoms with Crippen LogP contribution >= 0.6 is 11.8 Å². The zero-order valence-corrected chi connectivity index (χ0v) is 11.3. The normalized spacial score (nSPS) is 14.3. The van der Waals surface area contributed by atoms with E-state index in [1.807, 2.05) is 0 Å². The highest BCUT2D eigenvalue weighted by Crippen LogP contribution is 2.33. The smallest absolute Gasteiger partial charge is 0.398 e. The molecule has 1 aromatic carbocycles. The lowest BCUT2D eigenvalue weighted by molar-refractivity contribution is -0.137. The van der Waals surface area contributed by atoms with Crippen LogP contribution in [0.5, 0.6) is 0 Å². The van der Waals surface area contributed by atoms with Gasteiger partial charge in [0.05, 0.1) is 21.3 Å². The van der Waals surface area contributed by atoms with E-state index in [0.717, 1.165) is 6.07 Å². The van der Waals surface area contributed by atoms with Crippen LogP contribution in [0.1, 0.15) is 5.56 Å². The van der Waals surface area contributed by atoms with E-state index in [-0.39, 0.29) is 28.1 Å². The van der Waals surface area contributed by atoms with Crippen molar-refractivity contribution in [1.82, 2.24) is 0 Å². The Morgan fingerprint density at radius 2 is 1.75 bits per heavy atom. The number of halogens is 6. The molecule has 20 heavy (non-hydrogen) atoms. The maximum absolute atomic E-state index is 12.4. The third-order valence-corrected chi connectivity index (χ3v) is 4.55. The number of hydrogen-bond acceptors (Lipinski definition) is 3. The molecule has 0 aliphatic heterocycles. The van der Waals surface area contributed by atoms with Gasteiger partial charge in [-0.05, 0) is 18.2 Å². The SMILES string of the molecule is Nc1cc(C(F)(F)F)ccc1S(=O)CCSC(F)(F)F. The van der Waals surface area contributed by atoms with Gasteiger partial charge in [0.15, 0.2) is 0 Å². The lowest BCUT2D eigenvalue weighted by atomic mass is 10.2. The van der Waals surface area contributed by atoms with Crippen molar-refractivity contribution in [3.63, 3.8) is 0 Å². The van der Waals surface area contributed by atoms with Gasteiger partial charge < -0.3 is 5.73 Å². The Morgan fingerprint density at radius 1 is 1.15 bits per heavy atom. The molecule has 0 aliphatic carbocycles. The first-order valence-electron chi connectivity index (χ1n) is 5.06. The minimum atomic E-state index is -4.58. The maximum atomic E-state index is 12.4. The lowest BCUT2D eigenvalue weighted by Crippen LogP contribution is -2.10. The summed E-state index contributed by atoms with van der Waals surface area (Å²) < 4.78 is 84.5. The second-order valence-corrected chi connectivity index (χ2v) is 6.29. The summed E-state index contributed by atoms with van der Waals surface area (Å²) in [5.41, 5.74) is -0.432. The third kappa shape index (κ3) is 5.23. The quantitative estimate of drug-likeness (QED) is 0.674. The Morgan fingerprint density at radius 3 is 2.20 bits per heavy atom. The number of thioether (sulfide) groups is 1. The average Bonchev–Trinajstić information content (AvgIpc) is 2.25. The Labute approximate surface area is 117 Å². The number of hydrogen-bond donors (Lipinski definition) is 1. The van der Waals surface area contributed by atoms with Gasteiger partial charge in [-0.2, -0.15) is 26.3 Å². The van der Waals surface area contributed by atoms with Crippen molar-refractivity contribution in [3.05, 3.63) is 23.8 Å². The van der Waals surface area contributed by atoms with Gasteiger partial charge in [-0.25, -0.2) is 0 Å². The molecule has 2 N–H and O–H groups in total. The van der Waals surface area contributed by atoms with Crippen LogP contribution in [-0.4, -0.2) is 21.2 Å². The minimum Gasteiger partial charge on any atom is -0.398 e. The van der Waals surface area contributed by atoms with E-state index >= 15 is 0 Å². The number of rotatable bonds is 4. The zero-order chi connectivity index (χ0) is 15.6. The van der Waals surface area contributed by atoms with Crippen molar-refractivity contribution in [2.45, 2.75) is 16.6 Å². The third-order valence-electron chi connectivity index (χ3n) is 2.12. The fourth-order valence-electron chi connectivity index (χ4n) is 1.28. The lowest BCUT2D eigenvalue weighted by Gasteiger charge is -2.11. The first kappa shape index (κ1) is 17.2. The van der Waals surface area contributed by atoms with Gasteiger partial charge in [-0.15, -0.1) is 0 Å². The van der Waals surface area contributed by atoms with Gasteiger partial charge in [0.2, 0.25) is 0 Å². The first-order valence-corrected chi connectivity index (χ1v) is 7.37. The number of alkyl halides is 6. The van der Waals surface area contributed by atoms with Crippen LogP contribution in [0, 0.1) is 0 Å². The van der Waals surface area contributed by atoms with E-state index in [4.69, 9.17) is 5.73 Å². The standard InChI is InChI=1S/C10H9F6NOS2/c11-9(12,13)6-1-2-8(7(17)5-6)20(18)4-3-19-10(14,15)16/h1-2,5H,3-4,17H2.